The number of rotatable bonds is 4. The summed E-state index contributed by atoms with van der Waals surface area (Å²) in [5.74, 6) is 0.540. The number of thiol groups is 1. The summed E-state index contributed by atoms with van der Waals surface area (Å²) in [6.07, 6.45) is 6.56. The van der Waals surface area contributed by atoms with Crippen molar-refractivity contribution < 1.29 is 9.90 Å². The van der Waals surface area contributed by atoms with Crippen LogP contribution < -0.4 is 11.5 Å². The highest BCUT2D eigenvalue weighted by Crippen LogP contribution is 2.26. The minimum atomic E-state index is -0.0274. The van der Waals surface area contributed by atoms with Gasteiger partial charge >= 0.3 is 0 Å². The maximum atomic E-state index is 9.44. The van der Waals surface area contributed by atoms with Gasteiger partial charge in [-0.25, -0.2) is 4.99 Å². The van der Waals surface area contributed by atoms with E-state index in [4.69, 9.17) is 33.9 Å². The summed E-state index contributed by atoms with van der Waals surface area (Å²) in [6, 6.07) is 10.9. The number of Topliss-reactive ketones (excluding diaryl/α,β-unsaturated/α-hetero) is 1. The van der Waals surface area contributed by atoms with E-state index < -0.39 is 0 Å². The van der Waals surface area contributed by atoms with Crippen LogP contribution in [0.25, 0.3) is 5.57 Å². The first-order chi connectivity index (χ1) is 17.4. The molecule has 0 atom stereocenters. The summed E-state index contributed by atoms with van der Waals surface area (Å²) in [6.45, 7) is 14.5. The summed E-state index contributed by atoms with van der Waals surface area (Å²) < 4.78 is 0. The number of hydrogen-bond donors (Lipinski definition) is 6. The largest absolute Gasteiger partial charge is 0.506 e. The van der Waals surface area contributed by atoms with Crippen LogP contribution in [-0.2, 0) is 11.2 Å². The van der Waals surface area contributed by atoms with Crippen molar-refractivity contribution in [3.8, 4) is 5.75 Å². The van der Waals surface area contributed by atoms with E-state index in [-0.39, 0.29) is 16.6 Å². The molecule has 0 heterocycles. The number of benzene rings is 2. The summed E-state index contributed by atoms with van der Waals surface area (Å²) in [5.41, 5.74) is 15.7. The minimum Gasteiger partial charge on any atom is -0.506 e. The second-order valence-electron chi connectivity index (χ2n) is 6.92. The molecule has 0 aliphatic rings. The predicted molar refractivity (Wildman–Crippen MR) is 169 cm³/mol. The first-order valence-corrected chi connectivity index (χ1v) is 12.9. The summed E-state index contributed by atoms with van der Waals surface area (Å²) in [7, 11) is 0. The third-order valence-corrected chi connectivity index (χ3v) is 3.84. The van der Waals surface area contributed by atoms with Crippen molar-refractivity contribution in [1.82, 2.24) is 0 Å². The van der Waals surface area contributed by atoms with Crippen LogP contribution in [0.15, 0.2) is 47.6 Å². The number of halogens is 1. The van der Waals surface area contributed by atoms with E-state index in [1.807, 2.05) is 19.9 Å². The number of ketones is 1. The number of nitrogens with two attached hydrogens (primary N) is 2. The lowest BCUT2D eigenvalue weighted by atomic mass is 10.1. The molecule has 2 aromatic carbocycles. The van der Waals surface area contributed by atoms with Gasteiger partial charge in [-0.15, -0.1) is 0 Å². The van der Waals surface area contributed by atoms with Crippen molar-refractivity contribution in [2.75, 3.05) is 12.0 Å². The Balaban J connectivity index is -0.000000221. The van der Waals surface area contributed by atoms with Crippen molar-refractivity contribution in [3.05, 3.63) is 64.3 Å². The van der Waals surface area contributed by atoms with Gasteiger partial charge in [0.1, 0.15) is 11.5 Å². The zero-order valence-electron chi connectivity index (χ0n) is 23.7. The highest BCUT2D eigenvalue weighted by Gasteiger charge is 2.03. The Morgan fingerprint density at radius 1 is 1.11 bits per heavy atom. The molecule has 0 bridgehead atoms. The van der Waals surface area contributed by atoms with Gasteiger partial charge in [0.05, 0.1) is 10.9 Å². The van der Waals surface area contributed by atoms with Gasteiger partial charge in [-0.3, -0.25) is 0 Å². The normalized spacial score (nSPS) is 9.49. The lowest BCUT2D eigenvalue weighted by molar-refractivity contribution is -0.114. The average molecular weight is 552 g/mol. The number of aliphatic imine (C=N–C) groups is 1. The number of hydrogen-bond acceptors (Lipinski definition) is 7. The Hall–Kier alpha value is -3.10. The first kappa shape index (κ1) is 41.0. The Morgan fingerprint density at radius 2 is 1.59 bits per heavy atom. The molecule has 2 aromatic rings. The number of nitrogens with one attached hydrogen (secondary N) is 2. The van der Waals surface area contributed by atoms with Crippen LogP contribution in [0.2, 0.25) is 5.02 Å². The van der Waals surface area contributed by atoms with E-state index in [2.05, 4.69) is 43.6 Å². The zero-order valence-corrected chi connectivity index (χ0v) is 25.3. The molecule has 0 aliphatic heterocycles. The standard InChI is InChI=1S/C11H12ClN3O.C9H13N.C3H6O.C2H5N.C2H6.CH4S/c1-7(14)15-6-9(5-13)8-2-3-10(12)11(16)4-8;1-3-8-5-4-7(2)6-9(8)10;1-3(2)4;1-2-3;2*1-2/h2-6,13,16H,1H3,(H2,14,15);4-6H,3,10H2,1-2H3;1-2H3;2-3H,1H3;1-2H3;2H,1H3/b9-6+,13-5?;;;;;. The molecule has 0 saturated carbocycles. The molecule has 208 valence electrons. The molecule has 0 radical (unpaired) electrons. The SMILES string of the molecule is CC.CC(C)=O.CC(N)=N/C=C(\C=N)c1ccc(Cl)c(O)c1.CC=N.CCc1ccc(C)cc1N.CS. The summed E-state index contributed by atoms with van der Waals surface area (Å²) in [4.78, 5) is 13.3. The van der Waals surface area contributed by atoms with E-state index in [1.54, 1.807) is 32.2 Å². The van der Waals surface area contributed by atoms with Crippen molar-refractivity contribution in [2.24, 2.45) is 10.7 Å². The molecule has 0 aliphatic carbocycles. The Morgan fingerprint density at radius 3 is 1.95 bits per heavy atom. The van der Waals surface area contributed by atoms with Crippen molar-refractivity contribution in [1.29, 1.82) is 10.8 Å². The van der Waals surface area contributed by atoms with Crippen molar-refractivity contribution in [3.63, 3.8) is 0 Å². The van der Waals surface area contributed by atoms with Gasteiger partial charge in [-0.2, -0.15) is 12.6 Å². The van der Waals surface area contributed by atoms with Crippen molar-refractivity contribution >= 4 is 59.5 Å². The van der Waals surface area contributed by atoms with E-state index >= 15 is 0 Å². The first-order valence-electron chi connectivity index (χ1n) is 11.6. The average Bonchev–Trinajstić information content (AvgIpc) is 2.85. The fourth-order valence-corrected chi connectivity index (χ4v) is 2.21. The molecule has 9 heteroatoms. The number of nitrogen functional groups attached to an aromatic ring is 1. The number of phenolic OH excluding ortho intramolecular Hbond substituents is 1. The smallest absolute Gasteiger partial charge is 0.134 e. The van der Waals surface area contributed by atoms with Gasteiger partial charge in [0.15, 0.2) is 0 Å². The number of carbonyl (C=O) groups is 1. The summed E-state index contributed by atoms with van der Waals surface area (Å²) >= 11 is 9.21. The van der Waals surface area contributed by atoms with Crippen LogP contribution >= 0.6 is 24.2 Å². The van der Waals surface area contributed by atoms with E-state index in [1.165, 1.54) is 43.5 Å². The molecule has 0 saturated heterocycles. The van der Waals surface area contributed by atoms with E-state index in [9.17, 15) is 9.90 Å². The lowest BCUT2D eigenvalue weighted by Gasteiger charge is -2.02. The van der Waals surface area contributed by atoms with Crippen LogP contribution in [0, 0.1) is 17.7 Å². The number of aromatic hydroxyl groups is 1. The van der Waals surface area contributed by atoms with E-state index in [0.717, 1.165) is 18.3 Å². The number of carbonyl (C=O) groups excluding carboxylic acids is 1. The number of allylic oxidation sites excluding steroid dienone is 1. The molecular weight excluding hydrogens is 506 g/mol. The summed E-state index contributed by atoms with van der Waals surface area (Å²) in [5, 5.41) is 23.0. The van der Waals surface area contributed by atoms with Crippen LogP contribution in [0.5, 0.6) is 5.75 Å². The molecular formula is C28H46ClN5O2S. The monoisotopic (exact) mass is 551 g/mol. The fourth-order valence-electron chi connectivity index (χ4n) is 2.10. The van der Waals surface area contributed by atoms with Crippen LogP contribution in [0.1, 0.15) is 65.2 Å². The number of anilines is 1. The second kappa shape index (κ2) is 27.5. The lowest BCUT2D eigenvalue weighted by Crippen LogP contribution is -2.03. The van der Waals surface area contributed by atoms with Crippen LogP contribution in [0.4, 0.5) is 5.69 Å². The maximum absolute atomic E-state index is 9.44. The van der Waals surface area contributed by atoms with Gasteiger partial charge in [-0.1, -0.05) is 50.6 Å². The fraction of sp³-hybridized carbons (Fsp3) is 0.357. The third kappa shape index (κ3) is 24.4. The molecule has 0 fully saturated rings. The van der Waals surface area contributed by atoms with Crippen molar-refractivity contribution in [2.45, 2.75) is 61.8 Å². The maximum Gasteiger partial charge on any atom is 0.134 e. The van der Waals surface area contributed by atoms with E-state index in [0.29, 0.717) is 17.0 Å². The van der Waals surface area contributed by atoms with Gasteiger partial charge in [-0.05, 0) is 88.4 Å². The highest BCUT2D eigenvalue weighted by atomic mass is 35.5. The second-order valence-corrected chi connectivity index (χ2v) is 7.33. The molecule has 2 rings (SSSR count). The minimum absolute atomic E-state index is 0.0274. The molecule has 7 N–H and O–H groups in total. The van der Waals surface area contributed by atoms with Crippen LogP contribution in [-0.4, -0.2) is 35.4 Å². The number of amidine groups is 1. The molecule has 7 nitrogen and oxygen atoms in total. The predicted octanol–water partition coefficient (Wildman–Crippen LogP) is 7.38. The Kier molecular flexibility index (Phi) is 30.5. The topological polar surface area (TPSA) is 149 Å². The number of aryl methyl sites for hydroxylation is 2. The number of phenols is 1. The molecule has 0 unspecified atom stereocenters. The van der Waals surface area contributed by atoms with Gasteiger partial charge in [0, 0.05) is 23.7 Å². The molecule has 0 amide bonds. The quantitative estimate of drug-likeness (QED) is 0.102. The zero-order chi connectivity index (χ0) is 30.0. The van der Waals surface area contributed by atoms with Gasteiger partial charge in [0.25, 0.3) is 0 Å². The highest BCUT2D eigenvalue weighted by molar-refractivity contribution is 7.79. The van der Waals surface area contributed by atoms with Gasteiger partial charge in [0.2, 0.25) is 0 Å². The molecule has 0 spiro atoms. The van der Waals surface area contributed by atoms with Crippen LogP contribution in [0.3, 0.4) is 0 Å². The van der Waals surface area contributed by atoms with Gasteiger partial charge < -0.3 is 32.2 Å². The number of nitrogens with zero attached hydrogens (tertiary/aromatic N) is 1. The Labute approximate surface area is 234 Å². The molecule has 37 heavy (non-hydrogen) atoms. The Bertz CT molecular complexity index is 969. The third-order valence-electron chi connectivity index (χ3n) is 3.52. The molecule has 0 aromatic heterocycles.